The predicted octanol–water partition coefficient (Wildman–Crippen LogP) is 3.32. The second-order valence-corrected chi connectivity index (χ2v) is 5.99. The van der Waals surface area contributed by atoms with Crippen molar-refractivity contribution in [3.05, 3.63) is 35.1 Å². The monoisotopic (exact) mass is 265 g/mol. The molecule has 0 spiro atoms. The lowest BCUT2D eigenvalue weighted by molar-refractivity contribution is 0.0294. The van der Waals surface area contributed by atoms with E-state index in [9.17, 15) is 9.50 Å². The van der Waals surface area contributed by atoms with E-state index < -0.39 is 6.10 Å². The minimum atomic E-state index is -0.662. The van der Waals surface area contributed by atoms with Gasteiger partial charge in [-0.1, -0.05) is 19.4 Å². The number of hydrogen-bond donors (Lipinski definition) is 2. The zero-order chi connectivity index (χ0) is 14.0. The molecule has 1 aromatic carbocycles. The molecule has 0 saturated heterocycles. The Morgan fingerprint density at radius 1 is 1.53 bits per heavy atom. The number of aliphatic hydroxyl groups excluding tert-OH is 1. The molecule has 2 nitrogen and oxygen atoms in total. The molecule has 0 radical (unpaired) electrons. The largest absolute Gasteiger partial charge is 0.388 e. The molecule has 3 atom stereocenters. The van der Waals surface area contributed by atoms with Crippen molar-refractivity contribution < 1.29 is 9.50 Å². The number of halogens is 1. The van der Waals surface area contributed by atoms with Gasteiger partial charge in [-0.25, -0.2) is 4.39 Å². The maximum absolute atomic E-state index is 13.4. The van der Waals surface area contributed by atoms with E-state index in [1.54, 1.807) is 6.07 Å². The Kier molecular flexibility index (Phi) is 4.26. The molecule has 0 aliphatic heterocycles. The van der Waals surface area contributed by atoms with Gasteiger partial charge in [-0.15, -0.1) is 0 Å². The summed E-state index contributed by atoms with van der Waals surface area (Å²) in [5.41, 5.74) is 7.31. The summed E-state index contributed by atoms with van der Waals surface area (Å²) in [7, 11) is 0. The van der Waals surface area contributed by atoms with Gasteiger partial charge in [0, 0.05) is 12.0 Å². The van der Waals surface area contributed by atoms with Gasteiger partial charge in [-0.05, 0) is 55.4 Å². The topological polar surface area (TPSA) is 46.2 Å². The molecule has 0 aromatic heterocycles. The van der Waals surface area contributed by atoms with Crippen LogP contribution in [0.2, 0.25) is 0 Å². The zero-order valence-corrected chi connectivity index (χ0v) is 11.8. The molecule has 3 unspecified atom stereocenters. The van der Waals surface area contributed by atoms with Gasteiger partial charge in [0.05, 0.1) is 6.10 Å². The Morgan fingerprint density at radius 2 is 2.26 bits per heavy atom. The molecule has 3 N–H and O–H groups in total. The van der Waals surface area contributed by atoms with E-state index in [4.69, 9.17) is 5.73 Å². The quantitative estimate of drug-likeness (QED) is 0.877. The van der Waals surface area contributed by atoms with E-state index >= 15 is 0 Å². The molecule has 19 heavy (non-hydrogen) atoms. The Labute approximate surface area is 114 Å². The van der Waals surface area contributed by atoms with E-state index in [-0.39, 0.29) is 11.2 Å². The summed E-state index contributed by atoms with van der Waals surface area (Å²) < 4.78 is 13.4. The third kappa shape index (κ3) is 2.67. The first-order chi connectivity index (χ1) is 9.02. The Bertz CT molecular complexity index is 448. The van der Waals surface area contributed by atoms with E-state index in [0.717, 1.165) is 31.2 Å². The van der Waals surface area contributed by atoms with Gasteiger partial charge in [-0.3, -0.25) is 0 Å². The molecule has 3 heteroatoms. The number of benzene rings is 1. The van der Waals surface area contributed by atoms with Gasteiger partial charge in [0.25, 0.3) is 0 Å². The van der Waals surface area contributed by atoms with Crippen LogP contribution >= 0.6 is 0 Å². The van der Waals surface area contributed by atoms with E-state index in [1.807, 2.05) is 6.92 Å². The van der Waals surface area contributed by atoms with Gasteiger partial charge in [-0.2, -0.15) is 0 Å². The van der Waals surface area contributed by atoms with Crippen molar-refractivity contribution in [3.8, 4) is 0 Å². The molecule has 1 saturated carbocycles. The van der Waals surface area contributed by atoms with Crippen molar-refractivity contribution >= 4 is 0 Å². The summed E-state index contributed by atoms with van der Waals surface area (Å²) in [6, 6.07) is 4.62. The first kappa shape index (κ1) is 14.5. The van der Waals surface area contributed by atoms with Crippen LogP contribution in [0.25, 0.3) is 0 Å². The van der Waals surface area contributed by atoms with Crippen LogP contribution in [0.1, 0.15) is 49.8 Å². The second kappa shape index (κ2) is 5.59. The highest BCUT2D eigenvalue weighted by molar-refractivity contribution is 5.30. The highest BCUT2D eigenvalue weighted by atomic mass is 19.1. The second-order valence-electron chi connectivity index (χ2n) is 5.99. The van der Waals surface area contributed by atoms with Gasteiger partial charge in [0.1, 0.15) is 5.82 Å². The third-order valence-corrected chi connectivity index (χ3v) is 4.85. The lowest BCUT2D eigenvalue weighted by Crippen LogP contribution is -2.35. The van der Waals surface area contributed by atoms with Crippen LogP contribution in [0.4, 0.5) is 4.39 Å². The van der Waals surface area contributed by atoms with Crippen LogP contribution in [0.15, 0.2) is 18.2 Å². The van der Waals surface area contributed by atoms with Crippen molar-refractivity contribution in [2.75, 3.05) is 6.54 Å². The van der Waals surface area contributed by atoms with E-state index in [0.29, 0.717) is 18.0 Å². The van der Waals surface area contributed by atoms with Crippen molar-refractivity contribution in [2.45, 2.75) is 45.6 Å². The van der Waals surface area contributed by atoms with Crippen LogP contribution < -0.4 is 5.73 Å². The average molecular weight is 265 g/mol. The normalized spacial score (nSPS) is 28.6. The van der Waals surface area contributed by atoms with Crippen molar-refractivity contribution in [2.24, 2.45) is 17.1 Å². The minimum Gasteiger partial charge on any atom is -0.388 e. The smallest absolute Gasteiger partial charge is 0.123 e. The van der Waals surface area contributed by atoms with Crippen LogP contribution in [-0.2, 0) is 0 Å². The highest BCUT2D eigenvalue weighted by Gasteiger charge is 2.44. The van der Waals surface area contributed by atoms with Gasteiger partial charge in [0.15, 0.2) is 0 Å². The summed E-state index contributed by atoms with van der Waals surface area (Å²) in [5, 5.41) is 10.7. The average Bonchev–Trinajstić information content (AvgIpc) is 2.85. The summed E-state index contributed by atoms with van der Waals surface area (Å²) in [4.78, 5) is 0. The zero-order valence-electron chi connectivity index (χ0n) is 11.8. The highest BCUT2D eigenvalue weighted by Crippen LogP contribution is 2.50. The van der Waals surface area contributed by atoms with Crippen molar-refractivity contribution in [3.63, 3.8) is 0 Å². The fourth-order valence-corrected chi connectivity index (χ4v) is 3.40. The molecule has 0 bridgehead atoms. The van der Waals surface area contributed by atoms with Crippen LogP contribution in [0.5, 0.6) is 0 Å². The first-order valence-corrected chi connectivity index (χ1v) is 7.16. The van der Waals surface area contributed by atoms with Gasteiger partial charge >= 0.3 is 0 Å². The number of aryl methyl sites for hydroxylation is 1. The Morgan fingerprint density at radius 3 is 2.84 bits per heavy atom. The van der Waals surface area contributed by atoms with E-state index in [2.05, 4.69) is 6.92 Å². The van der Waals surface area contributed by atoms with Crippen LogP contribution in [-0.4, -0.2) is 11.7 Å². The van der Waals surface area contributed by atoms with Crippen LogP contribution in [0, 0.1) is 24.1 Å². The minimum absolute atomic E-state index is 0.279. The molecule has 0 amide bonds. The molecule has 1 aliphatic rings. The lowest BCUT2D eigenvalue weighted by atomic mass is 9.75. The predicted molar refractivity (Wildman–Crippen MR) is 75.2 cm³/mol. The van der Waals surface area contributed by atoms with E-state index in [1.165, 1.54) is 12.1 Å². The number of rotatable bonds is 4. The summed E-state index contributed by atoms with van der Waals surface area (Å²) in [6.45, 7) is 4.55. The van der Waals surface area contributed by atoms with Crippen LogP contribution in [0.3, 0.4) is 0 Å². The van der Waals surface area contributed by atoms with Crippen molar-refractivity contribution in [1.82, 2.24) is 0 Å². The van der Waals surface area contributed by atoms with Crippen molar-refractivity contribution in [1.29, 1.82) is 0 Å². The number of hydrogen-bond acceptors (Lipinski definition) is 2. The van der Waals surface area contributed by atoms with Gasteiger partial charge < -0.3 is 10.8 Å². The third-order valence-electron chi connectivity index (χ3n) is 4.85. The molecule has 106 valence electrons. The maximum atomic E-state index is 13.4. The summed E-state index contributed by atoms with van der Waals surface area (Å²) in [6.07, 6.45) is 3.44. The summed E-state index contributed by atoms with van der Waals surface area (Å²) >= 11 is 0. The molecular formula is C16H24FNO. The lowest BCUT2D eigenvalue weighted by Gasteiger charge is -2.34. The molecule has 1 aromatic rings. The SMILES string of the molecule is CCC1CCC(CN)(C(O)c2cc(F)ccc2C)C1. The number of nitrogens with two attached hydrogens (primary N) is 1. The molecular weight excluding hydrogens is 241 g/mol. The Balaban J connectivity index is 2.31. The van der Waals surface area contributed by atoms with Gasteiger partial charge in [0.2, 0.25) is 0 Å². The molecule has 2 rings (SSSR count). The fraction of sp³-hybridized carbons (Fsp3) is 0.625. The maximum Gasteiger partial charge on any atom is 0.123 e. The summed E-state index contributed by atoms with van der Waals surface area (Å²) in [5.74, 6) is 0.337. The molecule has 0 heterocycles. The number of aliphatic hydroxyl groups is 1. The fourth-order valence-electron chi connectivity index (χ4n) is 3.40. The molecule has 1 fully saturated rings. The molecule has 1 aliphatic carbocycles. The Hall–Kier alpha value is -0.930. The first-order valence-electron chi connectivity index (χ1n) is 7.16. The standard InChI is InChI=1S/C16H24FNO/c1-3-12-6-7-16(9-12,10-18)15(19)14-8-13(17)5-4-11(14)2/h4-5,8,12,15,19H,3,6-7,9-10,18H2,1-2H3.